The third kappa shape index (κ3) is 3.66. The van der Waals surface area contributed by atoms with E-state index in [9.17, 15) is 4.79 Å². The van der Waals surface area contributed by atoms with Crippen molar-refractivity contribution in [2.75, 3.05) is 0 Å². The third-order valence-electron chi connectivity index (χ3n) is 7.31. The maximum absolute atomic E-state index is 12.5. The van der Waals surface area contributed by atoms with Crippen LogP contribution in [0.5, 0.6) is 0 Å². The highest BCUT2D eigenvalue weighted by Crippen LogP contribution is 2.61. The van der Waals surface area contributed by atoms with Crippen LogP contribution >= 0.6 is 0 Å². The van der Waals surface area contributed by atoms with Gasteiger partial charge in [-0.05, 0) is 47.7 Å². The Balaban J connectivity index is 2.51. The highest BCUT2D eigenvalue weighted by Gasteiger charge is 2.62. The molecule has 2 aliphatic rings. The minimum Gasteiger partial charge on any atom is -0.515 e. The monoisotopic (exact) mass is 350 g/mol. The first-order valence-electron chi connectivity index (χ1n) is 10.2. The predicted octanol–water partition coefficient (Wildman–Crippen LogP) is 6.77. The molecular formula is C21H38O2Si. The summed E-state index contributed by atoms with van der Waals surface area (Å²) in [5.41, 5.74) is 1.27. The van der Waals surface area contributed by atoms with Crippen LogP contribution in [0.3, 0.4) is 0 Å². The van der Waals surface area contributed by atoms with Crippen molar-refractivity contribution in [1.82, 2.24) is 0 Å². The first-order valence-corrected chi connectivity index (χ1v) is 12.3. The summed E-state index contributed by atoms with van der Waals surface area (Å²) in [4.78, 5) is 12.5. The summed E-state index contributed by atoms with van der Waals surface area (Å²) in [5.74, 6) is 0.372. The lowest BCUT2D eigenvalue weighted by Gasteiger charge is -2.55. The highest BCUT2D eigenvalue weighted by molar-refractivity contribution is 6.81. The van der Waals surface area contributed by atoms with Crippen molar-refractivity contribution in [1.29, 1.82) is 0 Å². The number of carbonyl (C=O) groups excluding carboxylic acids is 1. The van der Waals surface area contributed by atoms with Crippen LogP contribution in [0.4, 0.5) is 0 Å². The van der Waals surface area contributed by atoms with E-state index in [0.717, 1.165) is 0 Å². The second-order valence-corrected chi connectivity index (χ2v) is 13.7. The predicted molar refractivity (Wildman–Crippen MR) is 105 cm³/mol. The Morgan fingerprint density at radius 1 is 1.00 bits per heavy atom. The number of rotatable bonds is 6. The van der Waals surface area contributed by atoms with Crippen LogP contribution in [-0.4, -0.2) is 14.3 Å². The summed E-state index contributed by atoms with van der Waals surface area (Å²) < 4.78 is 6.57. The summed E-state index contributed by atoms with van der Waals surface area (Å²) in [5, 5.41) is 0.107. The molecule has 2 fully saturated rings. The molecule has 0 bridgehead atoms. The van der Waals surface area contributed by atoms with Gasteiger partial charge in [-0.2, -0.15) is 0 Å². The number of hydrogen-bond acceptors (Lipinski definition) is 2. The van der Waals surface area contributed by atoms with Crippen LogP contribution in [0.15, 0.2) is 12.7 Å². The van der Waals surface area contributed by atoms with E-state index in [4.69, 9.17) is 4.43 Å². The minimum atomic E-state index is -2.29. The van der Waals surface area contributed by atoms with E-state index in [2.05, 4.69) is 34.3 Å². The maximum atomic E-state index is 12.5. The number of hydrogen-bond donors (Lipinski definition) is 0. The topological polar surface area (TPSA) is 26.3 Å². The molecule has 2 aliphatic carbocycles. The van der Waals surface area contributed by atoms with Gasteiger partial charge in [0.05, 0.1) is 0 Å². The Labute approximate surface area is 150 Å². The fourth-order valence-electron chi connectivity index (χ4n) is 5.41. The molecule has 0 aromatic rings. The molecule has 0 heterocycles. The third-order valence-corrected chi connectivity index (χ3v) is 14.0. The van der Waals surface area contributed by atoms with Crippen molar-refractivity contribution in [2.24, 2.45) is 5.92 Å². The molecule has 138 valence electrons. The van der Waals surface area contributed by atoms with E-state index < -0.39 is 8.32 Å². The van der Waals surface area contributed by atoms with Gasteiger partial charge in [0, 0.05) is 6.08 Å². The molecular weight excluding hydrogens is 312 g/mol. The van der Waals surface area contributed by atoms with Gasteiger partial charge in [-0.1, -0.05) is 72.8 Å². The van der Waals surface area contributed by atoms with Crippen molar-refractivity contribution in [3.05, 3.63) is 12.7 Å². The second-order valence-electron chi connectivity index (χ2n) is 8.96. The molecule has 0 radical (unpaired) electrons. The fourth-order valence-corrected chi connectivity index (χ4v) is 12.6. The highest BCUT2D eigenvalue weighted by atomic mass is 28.4. The molecule has 0 aromatic carbocycles. The van der Waals surface area contributed by atoms with Gasteiger partial charge < -0.3 is 4.43 Å². The summed E-state index contributed by atoms with van der Waals surface area (Å²) >= 11 is 0. The Morgan fingerprint density at radius 3 is 1.75 bits per heavy atom. The van der Waals surface area contributed by atoms with Gasteiger partial charge in [0.1, 0.15) is 0 Å². The van der Waals surface area contributed by atoms with E-state index in [1.165, 1.54) is 70.3 Å². The van der Waals surface area contributed by atoms with E-state index in [0.29, 0.717) is 17.0 Å². The zero-order valence-electron chi connectivity index (χ0n) is 16.4. The standard InChI is InChI=1S/C21H38O2Si/c1-6-20(22)23-24(21(4,5)17(2)3,18-13-9-7-10-14-18)19-15-11-8-12-16-19/h6,17-19H,1,7-16H2,2-5H3. The van der Waals surface area contributed by atoms with Crippen LogP contribution in [0.2, 0.25) is 16.1 Å². The van der Waals surface area contributed by atoms with Crippen LogP contribution in [0, 0.1) is 5.92 Å². The minimum absolute atomic E-state index is 0.107. The molecule has 0 N–H and O–H groups in total. The van der Waals surface area contributed by atoms with Crippen molar-refractivity contribution in [2.45, 2.75) is 108 Å². The lowest BCUT2D eigenvalue weighted by atomic mass is 9.97. The molecule has 0 spiro atoms. The zero-order valence-corrected chi connectivity index (χ0v) is 17.4. The molecule has 2 saturated carbocycles. The first-order chi connectivity index (χ1) is 11.4. The van der Waals surface area contributed by atoms with E-state index in [-0.39, 0.29) is 11.0 Å². The first kappa shape index (κ1) is 19.7. The van der Waals surface area contributed by atoms with Gasteiger partial charge >= 0.3 is 5.97 Å². The molecule has 3 heteroatoms. The second kappa shape index (κ2) is 8.20. The molecule has 2 rings (SSSR count). The molecule has 2 nitrogen and oxygen atoms in total. The summed E-state index contributed by atoms with van der Waals surface area (Å²) in [7, 11) is -2.29. The van der Waals surface area contributed by atoms with Gasteiger partial charge in [0.25, 0.3) is 8.32 Å². The van der Waals surface area contributed by atoms with Crippen molar-refractivity contribution < 1.29 is 9.22 Å². The molecule has 0 aromatic heterocycles. The Kier molecular flexibility index (Phi) is 6.75. The molecule has 24 heavy (non-hydrogen) atoms. The van der Waals surface area contributed by atoms with Crippen LogP contribution in [0.1, 0.15) is 91.9 Å². The zero-order chi connectivity index (χ0) is 17.8. The Morgan fingerprint density at radius 2 is 1.42 bits per heavy atom. The van der Waals surface area contributed by atoms with Crippen molar-refractivity contribution >= 4 is 14.3 Å². The lowest BCUT2D eigenvalue weighted by Crippen LogP contribution is -2.59. The van der Waals surface area contributed by atoms with Crippen LogP contribution < -0.4 is 0 Å². The molecule has 0 atom stereocenters. The van der Waals surface area contributed by atoms with E-state index in [1.54, 1.807) is 0 Å². The van der Waals surface area contributed by atoms with Crippen molar-refractivity contribution in [3.63, 3.8) is 0 Å². The van der Waals surface area contributed by atoms with Gasteiger partial charge in [0.2, 0.25) is 0 Å². The SMILES string of the molecule is C=CC(=O)O[Si](C1CCCCC1)(C1CCCCC1)C(C)(C)C(C)C. The van der Waals surface area contributed by atoms with E-state index in [1.807, 2.05) is 0 Å². The normalized spacial score (nSPS) is 21.7. The molecule has 0 unspecified atom stereocenters. The number of carbonyl (C=O) groups is 1. The Bertz CT molecular complexity index is 411. The van der Waals surface area contributed by atoms with Crippen LogP contribution in [0.25, 0.3) is 0 Å². The van der Waals surface area contributed by atoms with Crippen LogP contribution in [-0.2, 0) is 9.22 Å². The molecule has 0 amide bonds. The summed E-state index contributed by atoms with van der Waals surface area (Å²) in [6, 6.07) is 0. The van der Waals surface area contributed by atoms with E-state index >= 15 is 0 Å². The molecule has 0 aliphatic heterocycles. The van der Waals surface area contributed by atoms with Gasteiger partial charge in [0.15, 0.2) is 0 Å². The average molecular weight is 351 g/mol. The summed E-state index contributed by atoms with van der Waals surface area (Å²) in [6.45, 7) is 13.2. The Hall–Kier alpha value is -0.573. The van der Waals surface area contributed by atoms with Gasteiger partial charge in [-0.3, -0.25) is 0 Å². The quantitative estimate of drug-likeness (QED) is 0.390. The smallest absolute Gasteiger partial charge is 0.316 e. The lowest BCUT2D eigenvalue weighted by molar-refractivity contribution is -0.130. The fraction of sp³-hybridized carbons (Fsp3) is 0.857. The van der Waals surface area contributed by atoms with Gasteiger partial charge in [-0.25, -0.2) is 4.79 Å². The molecule has 0 saturated heterocycles. The maximum Gasteiger partial charge on any atom is 0.316 e. The average Bonchev–Trinajstić information content (AvgIpc) is 2.60. The van der Waals surface area contributed by atoms with Gasteiger partial charge in [-0.15, -0.1) is 0 Å². The van der Waals surface area contributed by atoms with Crippen molar-refractivity contribution in [3.8, 4) is 0 Å². The largest absolute Gasteiger partial charge is 0.515 e. The summed E-state index contributed by atoms with van der Waals surface area (Å²) in [6.07, 6.45) is 14.4.